The molecule has 1 aliphatic heterocycles. The molecule has 94 valence electrons. The van der Waals surface area contributed by atoms with Gasteiger partial charge in [0.2, 0.25) is 5.91 Å². The van der Waals surface area contributed by atoms with E-state index in [4.69, 9.17) is 0 Å². The van der Waals surface area contributed by atoms with Crippen LogP contribution in [-0.2, 0) is 4.79 Å². The third-order valence-electron chi connectivity index (χ3n) is 2.64. The lowest BCUT2D eigenvalue weighted by atomic mass is 10.3. The highest BCUT2D eigenvalue weighted by Gasteiger charge is 2.29. The molecule has 1 aromatic heterocycles. The van der Waals surface area contributed by atoms with Gasteiger partial charge in [0, 0.05) is 6.20 Å². The SMILES string of the molecule is O=C1CSC(=Nc2ccccn2)N1c1ccccc1. The molecule has 0 aliphatic carbocycles. The van der Waals surface area contributed by atoms with Gasteiger partial charge in [-0.25, -0.2) is 9.98 Å². The van der Waals surface area contributed by atoms with Gasteiger partial charge in [-0.1, -0.05) is 36.0 Å². The first-order chi connectivity index (χ1) is 9.34. The second-order valence-electron chi connectivity index (χ2n) is 3.94. The molecule has 1 aliphatic rings. The number of rotatable bonds is 2. The van der Waals surface area contributed by atoms with E-state index in [1.807, 2.05) is 48.5 Å². The van der Waals surface area contributed by atoms with Gasteiger partial charge in [0.15, 0.2) is 11.0 Å². The molecule has 1 fully saturated rings. The number of pyridine rings is 1. The maximum absolute atomic E-state index is 12.0. The fourth-order valence-corrected chi connectivity index (χ4v) is 2.67. The molecule has 0 N–H and O–H groups in total. The summed E-state index contributed by atoms with van der Waals surface area (Å²) in [6.45, 7) is 0. The predicted octanol–water partition coefficient (Wildman–Crippen LogP) is 2.85. The third kappa shape index (κ3) is 2.51. The number of aliphatic imine (C=N–C) groups is 1. The van der Waals surface area contributed by atoms with E-state index in [0.717, 1.165) is 5.69 Å². The number of para-hydroxylation sites is 1. The second kappa shape index (κ2) is 5.24. The lowest BCUT2D eigenvalue weighted by molar-refractivity contribution is -0.115. The molecule has 0 bridgehead atoms. The van der Waals surface area contributed by atoms with Gasteiger partial charge in [0.1, 0.15) is 0 Å². The largest absolute Gasteiger partial charge is 0.273 e. The van der Waals surface area contributed by atoms with Gasteiger partial charge in [-0.05, 0) is 24.3 Å². The Kier molecular flexibility index (Phi) is 3.29. The maximum atomic E-state index is 12.0. The molecule has 1 aromatic carbocycles. The lowest BCUT2D eigenvalue weighted by Crippen LogP contribution is -2.28. The summed E-state index contributed by atoms with van der Waals surface area (Å²) in [7, 11) is 0. The number of aromatic nitrogens is 1. The summed E-state index contributed by atoms with van der Waals surface area (Å²) in [4.78, 5) is 22.2. The predicted molar refractivity (Wildman–Crippen MR) is 77.7 cm³/mol. The first-order valence-electron chi connectivity index (χ1n) is 5.85. The molecule has 19 heavy (non-hydrogen) atoms. The van der Waals surface area contributed by atoms with Crippen molar-refractivity contribution in [3.05, 3.63) is 54.7 Å². The average Bonchev–Trinajstić information content (AvgIpc) is 2.82. The Morgan fingerprint density at radius 3 is 2.63 bits per heavy atom. The molecular weight excluding hydrogens is 258 g/mol. The highest BCUT2D eigenvalue weighted by atomic mass is 32.2. The van der Waals surface area contributed by atoms with Crippen LogP contribution in [-0.4, -0.2) is 21.8 Å². The molecule has 3 rings (SSSR count). The Hall–Kier alpha value is -2.14. The van der Waals surface area contributed by atoms with Crippen molar-refractivity contribution in [1.29, 1.82) is 0 Å². The Morgan fingerprint density at radius 1 is 1.11 bits per heavy atom. The van der Waals surface area contributed by atoms with Crippen LogP contribution < -0.4 is 4.90 Å². The van der Waals surface area contributed by atoms with Crippen LogP contribution in [0, 0.1) is 0 Å². The van der Waals surface area contributed by atoms with Crippen LogP contribution in [0.4, 0.5) is 11.5 Å². The number of carbonyl (C=O) groups is 1. The van der Waals surface area contributed by atoms with Crippen LogP contribution in [0.25, 0.3) is 0 Å². The number of benzene rings is 1. The molecule has 0 atom stereocenters. The Morgan fingerprint density at radius 2 is 1.89 bits per heavy atom. The van der Waals surface area contributed by atoms with Crippen molar-refractivity contribution in [1.82, 2.24) is 4.98 Å². The number of anilines is 1. The molecule has 2 heterocycles. The molecule has 0 unspecified atom stereocenters. The molecular formula is C14H11N3OS. The van der Waals surface area contributed by atoms with Gasteiger partial charge in [0.25, 0.3) is 0 Å². The molecule has 2 aromatic rings. The topological polar surface area (TPSA) is 45.6 Å². The van der Waals surface area contributed by atoms with E-state index in [1.54, 1.807) is 11.1 Å². The summed E-state index contributed by atoms with van der Waals surface area (Å²) >= 11 is 1.43. The molecule has 0 spiro atoms. The van der Waals surface area contributed by atoms with E-state index < -0.39 is 0 Å². The number of nitrogens with zero attached hydrogens (tertiary/aromatic N) is 3. The zero-order valence-electron chi connectivity index (χ0n) is 10.1. The number of carbonyl (C=O) groups excluding carboxylic acids is 1. The minimum atomic E-state index is 0.0471. The minimum absolute atomic E-state index is 0.0471. The monoisotopic (exact) mass is 269 g/mol. The lowest BCUT2D eigenvalue weighted by Gasteiger charge is -2.15. The van der Waals surface area contributed by atoms with E-state index in [1.165, 1.54) is 11.8 Å². The van der Waals surface area contributed by atoms with Crippen molar-refractivity contribution in [2.45, 2.75) is 0 Å². The van der Waals surface area contributed by atoms with Crippen LogP contribution in [0.2, 0.25) is 0 Å². The van der Waals surface area contributed by atoms with Crippen LogP contribution in [0.3, 0.4) is 0 Å². The Bertz CT molecular complexity index is 613. The van der Waals surface area contributed by atoms with Crippen LogP contribution in [0.1, 0.15) is 0 Å². The summed E-state index contributed by atoms with van der Waals surface area (Å²) in [6, 6.07) is 15.1. The van der Waals surface area contributed by atoms with Crippen LogP contribution >= 0.6 is 11.8 Å². The van der Waals surface area contributed by atoms with Crippen LogP contribution in [0.15, 0.2) is 59.7 Å². The molecule has 5 heteroatoms. The number of hydrogen-bond donors (Lipinski definition) is 0. The number of hydrogen-bond acceptors (Lipinski definition) is 4. The maximum Gasteiger partial charge on any atom is 0.243 e. The molecule has 0 radical (unpaired) electrons. The summed E-state index contributed by atoms with van der Waals surface area (Å²) in [5.41, 5.74) is 0.840. The Balaban J connectivity index is 1.98. The fourth-order valence-electron chi connectivity index (χ4n) is 1.79. The quantitative estimate of drug-likeness (QED) is 0.842. The van der Waals surface area contributed by atoms with E-state index in [0.29, 0.717) is 16.7 Å². The summed E-state index contributed by atoms with van der Waals surface area (Å²) in [5, 5.41) is 0.676. The highest BCUT2D eigenvalue weighted by Crippen LogP contribution is 2.27. The van der Waals surface area contributed by atoms with Crippen molar-refractivity contribution < 1.29 is 4.79 Å². The van der Waals surface area contributed by atoms with Gasteiger partial charge in [-0.15, -0.1) is 0 Å². The second-order valence-corrected chi connectivity index (χ2v) is 4.88. The first-order valence-corrected chi connectivity index (χ1v) is 6.84. The normalized spacial score (nSPS) is 17.2. The zero-order chi connectivity index (χ0) is 13.1. The average molecular weight is 269 g/mol. The standard InChI is InChI=1S/C14H11N3OS/c18-13-10-19-14(16-12-8-4-5-9-15-12)17(13)11-6-2-1-3-7-11/h1-9H,10H2. The van der Waals surface area contributed by atoms with Crippen molar-refractivity contribution >= 4 is 34.3 Å². The van der Waals surface area contributed by atoms with Crippen molar-refractivity contribution in [2.75, 3.05) is 10.7 Å². The van der Waals surface area contributed by atoms with Gasteiger partial charge in [0.05, 0.1) is 11.4 Å². The first kappa shape index (κ1) is 11.9. The van der Waals surface area contributed by atoms with Crippen molar-refractivity contribution in [3.8, 4) is 0 Å². The van der Waals surface area contributed by atoms with E-state index in [9.17, 15) is 4.79 Å². The zero-order valence-corrected chi connectivity index (χ0v) is 10.9. The Labute approximate surface area is 115 Å². The summed E-state index contributed by atoms with van der Waals surface area (Å²) in [6.07, 6.45) is 1.69. The number of amidine groups is 1. The fraction of sp³-hybridized carbons (Fsp3) is 0.0714. The van der Waals surface area contributed by atoms with Crippen molar-refractivity contribution in [2.24, 2.45) is 4.99 Å². The van der Waals surface area contributed by atoms with E-state index in [2.05, 4.69) is 9.98 Å². The molecule has 1 amide bonds. The third-order valence-corrected chi connectivity index (χ3v) is 3.56. The summed E-state index contributed by atoms with van der Waals surface area (Å²) in [5.74, 6) is 1.08. The smallest absolute Gasteiger partial charge is 0.243 e. The van der Waals surface area contributed by atoms with Gasteiger partial charge in [-0.2, -0.15) is 0 Å². The molecule has 1 saturated heterocycles. The summed E-state index contributed by atoms with van der Waals surface area (Å²) < 4.78 is 0. The molecule has 4 nitrogen and oxygen atoms in total. The van der Waals surface area contributed by atoms with Gasteiger partial charge >= 0.3 is 0 Å². The van der Waals surface area contributed by atoms with Gasteiger partial charge < -0.3 is 0 Å². The number of amides is 1. The minimum Gasteiger partial charge on any atom is -0.273 e. The van der Waals surface area contributed by atoms with E-state index >= 15 is 0 Å². The van der Waals surface area contributed by atoms with E-state index in [-0.39, 0.29) is 5.91 Å². The van der Waals surface area contributed by atoms with Crippen LogP contribution in [0.5, 0.6) is 0 Å². The van der Waals surface area contributed by atoms with Gasteiger partial charge in [-0.3, -0.25) is 9.69 Å². The highest BCUT2D eigenvalue weighted by molar-refractivity contribution is 8.15. The van der Waals surface area contributed by atoms with Crippen molar-refractivity contribution in [3.63, 3.8) is 0 Å². The number of thioether (sulfide) groups is 1. The molecule has 0 saturated carbocycles.